The van der Waals surface area contributed by atoms with Gasteiger partial charge in [-0.3, -0.25) is 0 Å². The Labute approximate surface area is 129 Å². The molecule has 1 saturated carbocycles. The molecule has 0 radical (unpaired) electrons. The van der Waals surface area contributed by atoms with Crippen LogP contribution in [0.4, 0.5) is 4.39 Å². The van der Waals surface area contributed by atoms with Crippen molar-refractivity contribution >= 4 is 0 Å². The molecule has 1 aromatic carbocycles. The molecule has 0 amide bonds. The maximum atomic E-state index is 13.0. The summed E-state index contributed by atoms with van der Waals surface area (Å²) in [5, 5.41) is 3.84. The maximum Gasteiger partial charge on any atom is 0.123 e. The van der Waals surface area contributed by atoms with Crippen LogP contribution < -0.4 is 5.32 Å². The SMILES string of the molecule is CC(Cc1ccc(F)cc1)NC1CCCCC1C(C)(C)C. The number of hydrogen-bond acceptors (Lipinski definition) is 1. The Bertz CT molecular complexity index is 432. The van der Waals surface area contributed by atoms with Gasteiger partial charge in [0.15, 0.2) is 0 Å². The number of nitrogens with one attached hydrogen (secondary N) is 1. The van der Waals surface area contributed by atoms with Gasteiger partial charge in [0.1, 0.15) is 5.82 Å². The Morgan fingerprint density at radius 2 is 1.76 bits per heavy atom. The topological polar surface area (TPSA) is 12.0 Å². The average Bonchev–Trinajstić information content (AvgIpc) is 2.41. The van der Waals surface area contributed by atoms with Gasteiger partial charge in [0, 0.05) is 12.1 Å². The Kier molecular flexibility index (Phi) is 5.43. The molecule has 3 atom stereocenters. The normalized spacial score (nSPS) is 24.8. The summed E-state index contributed by atoms with van der Waals surface area (Å²) in [5.41, 5.74) is 1.58. The van der Waals surface area contributed by atoms with Crippen LogP contribution in [-0.2, 0) is 6.42 Å². The van der Waals surface area contributed by atoms with E-state index in [1.54, 1.807) is 12.1 Å². The van der Waals surface area contributed by atoms with E-state index in [1.165, 1.54) is 31.2 Å². The summed E-state index contributed by atoms with van der Waals surface area (Å²) >= 11 is 0. The summed E-state index contributed by atoms with van der Waals surface area (Å²) in [7, 11) is 0. The monoisotopic (exact) mass is 291 g/mol. The van der Waals surface area contributed by atoms with Gasteiger partial charge in [-0.1, -0.05) is 45.7 Å². The summed E-state index contributed by atoms with van der Waals surface area (Å²) in [6.45, 7) is 9.34. The molecule has 0 saturated heterocycles. The number of benzene rings is 1. The van der Waals surface area contributed by atoms with Gasteiger partial charge in [0.25, 0.3) is 0 Å². The van der Waals surface area contributed by atoms with Gasteiger partial charge in [0.2, 0.25) is 0 Å². The fourth-order valence-electron chi connectivity index (χ4n) is 3.77. The second-order valence-corrected chi connectivity index (χ2v) is 7.76. The lowest BCUT2D eigenvalue weighted by Crippen LogP contribution is -2.48. The zero-order chi connectivity index (χ0) is 15.5. The van der Waals surface area contributed by atoms with E-state index in [-0.39, 0.29) is 5.82 Å². The molecule has 1 aromatic rings. The molecule has 0 spiro atoms. The molecule has 0 aromatic heterocycles. The van der Waals surface area contributed by atoms with Gasteiger partial charge in [-0.25, -0.2) is 4.39 Å². The first-order chi connectivity index (χ1) is 9.86. The minimum absolute atomic E-state index is 0.153. The van der Waals surface area contributed by atoms with E-state index < -0.39 is 0 Å². The van der Waals surface area contributed by atoms with E-state index in [2.05, 4.69) is 33.0 Å². The van der Waals surface area contributed by atoms with Gasteiger partial charge < -0.3 is 5.32 Å². The van der Waals surface area contributed by atoms with Gasteiger partial charge in [-0.2, -0.15) is 0 Å². The summed E-state index contributed by atoms with van der Waals surface area (Å²) in [6.07, 6.45) is 6.30. The molecule has 0 bridgehead atoms. The zero-order valence-corrected chi connectivity index (χ0v) is 14.0. The first-order valence-corrected chi connectivity index (χ1v) is 8.37. The van der Waals surface area contributed by atoms with Crippen molar-refractivity contribution in [1.29, 1.82) is 0 Å². The third kappa shape index (κ3) is 4.81. The van der Waals surface area contributed by atoms with Crippen molar-refractivity contribution in [1.82, 2.24) is 5.32 Å². The third-order valence-electron chi connectivity index (χ3n) is 4.83. The molecule has 0 heterocycles. The van der Waals surface area contributed by atoms with Crippen LogP contribution in [0.15, 0.2) is 24.3 Å². The maximum absolute atomic E-state index is 13.0. The Morgan fingerprint density at radius 3 is 2.38 bits per heavy atom. The Hall–Kier alpha value is -0.890. The van der Waals surface area contributed by atoms with Crippen molar-refractivity contribution in [2.24, 2.45) is 11.3 Å². The molecule has 0 aliphatic heterocycles. The smallest absolute Gasteiger partial charge is 0.123 e. The average molecular weight is 291 g/mol. The van der Waals surface area contributed by atoms with Crippen molar-refractivity contribution in [3.8, 4) is 0 Å². The fraction of sp³-hybridized carbons (Fsp3) is 0.684. The second-order valence-electron chi connectivity index (χ2n) is 7.76. The Balaban J connectivity index is 1.93. The summed E-state index contributed by atoms with van der Waals surface area (Å²) in [5.74, 6) is 0.598. The van der Waals surface area contributed by atoms with E-state index >= 15 is 0 Å². The second kappa shape index (κ2) is 6.91. The minimum atomic E-state index is -0.153. The lowest BCUT2D eigenvalue weighted by molar-refractivity contribution is 0.124. The fourth-order valence-corrected chi connectivity index (χ4v) is 3.77. The largest absolute Gasteiger partial charge is 0.311 e. The number of halogens is 1. The highest BCUT2D eigenvalue weighted by Gasteiger charge is 2.34. The zero-order valence-electron chi connectivity index (χ0n) is 14.0. The van der Waals surface area contributed by atoms with Crippen LogP contribution in [0.1, 0.15) is 58.9 Å². The summed E-state index contributed by atoms with van der Waals surface area (Å²) in [4.78, 5) is 0. The highest BCUT2D eigenvalue weighted by atomic mass is 19.1. The van der Waals surface area contributed by atoms with E-state index in [0.29, 0.717) is 17.5 Å². The standard InChI is InChI=1S/C19H30FN/c1-14(13-15-9-11-16(20)12-10-15)21-18-8-6-5-7-17(18)19(2,3)4/h9-12,14,17-18,21H,5-8,13H2,1-4H3. The van der Waals surface area contributed by atoms with Crippen molar-refractivity contribution in [3.63, 3.8) is 0 Å². The van der Waals surface area contributed by atoms with Crippen LogP contribution in [0.2, 0.25) is 0 Å². The van der Waals surface area contributed by atoms with Crippen molar-refractivity contribution in [2.45, 2.75) is 71.9 Å². The van der Waals surface area contributed by atoms with Gasteiger partial charge in [-0.15, -0.1) is 0 Å². The summed E-state index contributed by atoms with van der Waals surface area (Å²) < 4.78 is 13.0. The van der Waals surface area contributed by atoms with Crippen LogP contribution in [0.25, 0.3) is 0 Å². The van der Waals surface area contributed by atoms with Crippen LogP contribution in [0, 0.1) is 17.2 Å². The van der Waals surface area contributed by atoms with Crippen LogP contribution in [0.3, 0.4) is 0 Å². The first-order valence-electron chi connectivity index (χ1n) is 8.37. The molecule has 1 aliphatic carbocycles. The van der Waals surface area contributed by atoms with Crippen molar-refractivity contribution in [3.05, 3.63) is 35.6 Å². The van der Waals surface area contributed by atoms with Crippen LogP contribution in [0.5, 0.6) is 0 Å². The molecule has 3 unspecified atom stereocenters. The molecular weight excluding hydrogens is 261 g/mol. The van der Waals surface area contributed by atoms with E-state index in [0.717, 1.165) is 12.3 Å². The molecule has 1 nitrogen and oxygen atoms in total. The molecule has 118 valence electrons. The number of hydrogen-bond donors (Lipinski definition) is 1. The molecular formula is C19H30FN. The van der Waals surface area contributed by atoms with Crippen molar-refractivity contribution in [2.75, 3.05) is 0 Å². The minimum Gasteiger partial charge on any atom is -0.311 e. The predicted molar refractivity (Wildman–Crippen MR) is 87.9 cm³/mol. The van der Waals surface area contributed by atoms with Gasteiger partial charge in [-0.05, 0) is 55.2 Å². The molecule has 1 fully saturated rings. The molecule has 1 N–H and O–H groups in total. The Morgan fingerprint density at radius 1 is 1.14 bits per heavy atom. The van der Waals surface area contributed by atoms with E-state index in [1.807, 2.05) is 12.1 Å². The first kappa shape index (κ1) is 16.5. The van der Waals surface area contributed by atoms with Gasteiger partial charge in [0.05, 0.1) is 0 Å². The molecule has 2 rings (SSSR count). The molecule has 2 heteroatoms. The van der Waals surface area contributed by atoms with Crippen molar-refractivity contribution < 1.29 is 4.39 Å². The lowest BCUT2D eigenvalue weighted by atomic mass is 9.69. The summed E-state index contributed by atoms with van der Waals surface area (Å²) in [6, 6.07) is 7.96. The third-order valence-corrected chi connectivity index (χ3v) is 4.83. The number of rotatable bonds is 4. The highest BCUT2D eigenvalue weighted by Crippen LogP contribution is 2.38. The van der Waals surface area contributed by atoms with Crippen LogP contribution in [-0.4, -0.2) is 12.1 Å². The van der Waals surface area contributed by atoms with Crippen LogP contribution >= 0.6 is 0 Å². The molecule has 1 aliphatic rings. The van der Waals surface area contributed by atoms with E-state index in [9.17, 15) is 4.39 Å². The highest BCUT2D eigenvalue weighted by molar-refractivity contribution is 5.17. The lowest BCUT2D eigenvalue weighted by Gasteiger charge is -2.42. The predicted octanol–water partition coefficient (Wildman–Crippen LogP) is 4.95. The quantitative estimate of drug-likeness (QED) is 0.827. The van der Waals surface area contributed by atoms with E-state index in [4.69, 9.17) is 0 Å². The molecule has 21 heavy (non-hydrogen) atoms. The van der Waals surface area contributed by atoms with Gasteiger partial charge >= 0.3 is 0 Å².